The first-order valence-corrected chi connectivity index (χ1v) is 22.0. The number of nitrogens with two attached hydrogens (primary N) is 2. The quantitative estimate of drug-likeness (QED) is 0.00822. The smallest absolute Gasteiger partial charge is 0.744 e. The van der Waals surface area contributed by atoms with Gasteiger partial charge in [0.1, 0.15) is 43.0 Å². The number of sulfone groups is 1. The van der Waals surface area contributed by atoms with Crippen LogP contribution in [0.3, 0.4) is 0 Å². The molecule has 0 amide bonds. The average molecular weight is 1070 g/mol. The summed E-state index contributed by atoms with van der Waals surface area (Å²) in [7, 11) is -14.2. The minimum atomic E-state index is -5.34. The second kappa shape index (κ2) is 29.8. The molecular weight excluding hydrogens is 1040 g/mol. The number of benzene rings is 4. The number of azo groups is 2. The molecule has 0 atom stereocenters. The van der Waals surface area contributed by atoms with Gasteiger partial charge in [-0.15, -0.1) is 24.8 Å². The van der Waals surface area contributed by atoms with Crippen LogP contribution in [0.25, 0.3) is 0 Å². The molecule has 5 rings (SSSR count). The van der Waals surface area contributed by atoms with Crippen molar-refractivity contribution in [1.29, 1.82) is 0 Å². The van der Waals surface area contributed by atoms with Crippen LogP contribution in [0.1, 0.15) is 7.43 Å². The standard InChI is InChI=1S/C29H26ClN11O15S5.CH4.4Na/c30-27-35-28(33-15-5-8-17(9-6-15)59(44,45)12-11-52-58-56-54-43)37-29(36-27)34-16-7-10-21(57-55-53-42)19(13-16)39-41-26-24(31)20(14-23(25(26)32)61(49,50)51)40-38-18-3-1-2-4-22(18)60(46,47)48;;;;;/h1-10,13-14,42-43H,11-12,31-32H2,(H,46,47,48)(H,49,50,51)(H2,33,34,35,36,37);1H4;;;;/q;;4*+1/p-4. The van der Waals surface area contributed by atoms with Crippen molar-refractivity contribution in [3.8, 4) is 0 Å². The van der Waals surface area contributed by atoms with Crippen LogP contribution < -0.4 is 151 Å². The van der Waals surface area contributed by atoms with Crippen molar-refractivity contribution < 1.29 is 186 Å². The van der Waals surface area contributed by atoms with Crippen molar-refractivity contribution in [2.24, 2.45) is 20.5 Å². The summed E-state index contributed by atoms with van der Waals surface area (Å²) in [6, 6.07) is 14.8. The number of nitrogens with one attached hydrogen (secondary N) is 2. The van der Waals surface area contributed by atoms with Gasteiger partial charge in [0.15, 0.2) is 22.2 Å². The zero-order chi connectivity index (χ0) is 44.4. The zero-order valence-corrected chi connectivity index (χ0v) is 46.5. The molecule has 0 saturated carbocycles. The Labute approximate surface area is 478 Å². The summed E-state index contributed by atoms with van der Waals surface area (Å²) in [6.45, 7) is -0.315. The Kier molecular flexibility index (Phi) is 29.3. The van der Waals surface area contributed by atoms with Gasteiger partial charge in [-0.3, -0.25) is 14.3 Å². The van der Waals surface area contributed by atoms with Gasteiger partial charge in [0.25, 0.3) is 0 Å². The van der Waals surface area contributed by atoms with Gasteiger partial charge in [-0.05, 0) is 72.3 Å². The van der Waals surface area contributed by atoms with E-state index in [1.807, 2.05) is 0 Å². The van der Waals surface area contributed by atoms with E-state index in [0.717, 1.165) is 12.1 Å². The van der Waals surface area contributed by atoms with E-state index in [2.05, 4.69) is 64.8 Å². The van der Waals surface area contributed by atoms with Crippen LogP contribution in [0.5, 0.6) is 0 Å². The summed E-state index contributed by atoms with van der Waals surface area (Å²) in [6.07, 6.45) is 0. The van der Waals surface area contributed by atoms with Crippen LogP contribution in [0.15, 0.2) is 113 Å². The van der Waals surface area contributed by atoms with E-state index >= 15 is 0 Å². The minimum absolute atomic E-state index is 0. The van der Waals surface area contributed by atoms with Gasteiger partial charge >= 0.3 is 118 Å². The Morgan fingerprint density at radius 3 is 1.83 bits per heavy atom. The van der Waals surface area contributed by atoms with Crippen LogP contribution in [0.2, 0.25) is 5.28 Å². The molecule has 5 aromatic rings. The van der Waals surface area contributed by atoms with E-state index in [9.17, 15) is 44.9 Å². The number of nitrogens with zero attached hydrogens (tertiary/aromatic N) is 7. The maximum Gasteiger partial charge on any atom is 1.00 e. The second-order valence-electron chi connectivity index (χ2n) is 11.1. The SMILES string of the molecule is C.Nc1c(N=Nc2ccccc2S(=O)(=O)[O-])cc(S(=O)(=O)[O-])c(N)c1N=Nc1cc(Nc2nc(Cl)nc(Nc3ccc(S(=O)(=O)CCOSOO[O-])cc3)n2)ccc1SOO[O-].[Na+].[Na+].[Na+].[Na+]. The number of rotatable bonds is 20. The molecule has 6 N–H and O–H groups in total. The van der Waals surface area contributed by atoms with Gasteiger partial charge in [0.05, 0.1) is 55.4 Å². The Hall–Kier alpha value is -1.23. The van der Waals surface area contributed by atoms with Gasteiger partial charge in [0.2, 0.25) is 17.2 Å². The van der Waals surface area contributed by atoms with Crippen LogP contribution in [0.4, 0.5) is 57.4 Å². The molecule has 0 aliphatic heterocycles. The van der Waals surface area contributed by atoms with E-state index in [4.69, 9.17) is 27.3 Å². The summed E-state index contributed by atoms with van der Waals surface area (Å²) in [5, 5.41) is 47.7. The molecule has 0 fully saturated rings. The molecule has 0 aliphatic carbocycles. The van der Waals surface area contributed by atoms with Crippen molar-refractivity contribution in [2.75, 3.05) is 34.5 Å². The van der Waals surface area contributed by atoms with Crippen LogP contribution in [-0.4, -0.2) is 61.7 Å². The Morgan fingerprint density at radius 2 is 1.23 bits per heavy atom. The molecule has 26 nitrogen and oxygen atoms in total. The Morgan fingerprint density at radius 1 is 0.667 bits per heavy atom. The first kappa shape index (κ1) is 64.8. The molecule has 0 bridgehead atoms. The molecule has 0 aliphatic rings. The van der Waals surface area contributed by atoms with Gasteiger partial charge in [-0.25, -0.2) is 25.3 Å². The molecule has 66 heavy (non-hydrogen) atoms. The number of aromatic nitrogens is 3. The van der Waals surface area contributed by atoms with E-state index < -0.39 is 74.1 Å². The van der Waals surface area contributed by atoms with Gasteiger partial charge in [-0.2, -0.15) is 19.3 Å². The summed E-state index contributed by atoms with van der Waals surface area (Å²) >= 11 is 6.68. The maximum absolute atomic E-state index is 12.6. The summed E-state index contributed by atoms with van der Waals surface area (Å²) < 4.78 is 110. The average Bonchev–Trinajstić information content (AvgIpc) is 3.19. The number of hydrogen-bond acceptors (Lipinski definition) is 28. The van der Waals surface area contributed by atoms with Gasteiger partial charge in [-0.1, -0.05) is 19.6 Å². The molecule has 0 spiro atoms. The molecule has 1 aromatic heterocycles. The summed E-state index contributed by atoms with van der Waals surface area (Å²) in [5.74, 6) is -0.679. The first-order valence-electron chi connectivity index (χ1n) is 15.8. The summed E-state index contributed by atoms with van der Waals surface area (Å²) in [5.41, 5.74) is 9.69. The molecule has 0 radical (unpaired) electrons. The normalized spacial score (nSPS) is 11.4. The monoisotopic (exact) mass is 1070 g/mol. The molecule has 0 unspecified atom stereocenters. The minimum Gasteiger partial charge on any atom is -0.744 e. The fraction of sp³-hybridized carbons (Fsp3) is 0.100. The third-order valence-corrected chi connectivity index (χ3v) is 11.9. The third kappa shape index (κ3) is 18.8. The number of halogens is 1. The second-order valence-corrected chi connectivity index (χ2v) is 17.5. The molecule has 332 valence electrons. The Bertz CT molecular complexity index is 2810. The molecule has 4 aromatic carbocycles. The topological polar surface area (TPSA) is 405 Å². The van der Waals surface area contributed by atoms with E-state index in [-0.39, 0.29) is 183 Å². The van der Waals surface area contributed by atoms with Gasteiger partial charge < -0.3 is 41.7 Å². The fourth-order valence-electron chi connectivity index (χ4n) is 4.61. The van der Waals surface area contributed by atoms with Crippen molar-refractivity contribution in [3.63, 3.8) is 0 Å². The molecular formula is C30H26ClN11Na4O15S5. The van der Waals surface area contributed by atoms with E-state index in [1.165, 1.54) is 54.6 Å². The number of anilines is 6. The Balaban J connectivity index is 0.00000845. The predicted octanol–water partition coefficient (Wildman–Crippen LogP) is -7.72. The maximum atomic E-state index is 12.6. The molecule has 36 heteroatoms. The molecule has 0 saturated heterocycles. The fourth-order valence-corrected chi connectivity index (χ4v) is 7.82. The van der Waals surface area contributed by atoms with Crippen LogP contribution in [0, 0.1) is 0 Å². The van der Waals surface area contributed by atoms with Crippen molar-refractivity contribution in [1.82, 2.24) is 15.0 Å². The molecule has 1 heterocycles. The first-order chi connectivity index (χ1) is 28.9. The van der Waals surface area contributed by atoms with Gasteiger partial charge in [0, 0.05) is 11.4 Å². The van der Waals surface area contributed by atoms with Crippen molar-refractivity contribution in [2.45, 2.75) is 27.0 Å². The summed E-state index contributed by atoms with van der Waals surface area (Å²) in [4.78, 5) is 10.4. The zero-order valence-electron chi connectivity index (χ0n) is 33.7. The van der Waals surface area contributed by atoms with Crippen LogP contribution >= 0.6 is 36.0 Å². The van der Waals surface area contributed by atoms with E-state index in [1.54, 1.807) is 0 Å². The van der Waals surface area contributed by atoms with Crippen LogP contribution in [-0.2, 0) is 53.0 Å². The predicted molar refractivity (Wildman–Crippen MR) is 213 cm³/mol. The largest absolute Gasteiger partial charge is 1.00 e. The number of hydrogen-bond donors (Lipinski definition) is 4. The number of nitrogen functional groups attached to an aromatic ring is 2. The van der Waals surface area contributed by atoms with E-state index in [0.29, 0.717) is 23.8 Å². The van der Waals surface area contributed by atoms with Crippen molar-refractivity contribution in [3.05, 3.63) is 78.1 Å². The third-order valence-electron chi connectivity index (χ3n) is 7.23. The van der Waals surface area contributed by atoms with Crippen molar-refractivity contribution >= 4 is 123 Å².